The number of aryl methyl sites for hydroxylation is 1. The molecule has 9 heteroatoms. The Labute approximate surface area is 169 Å². The van der Waals surface area contributed by atoms with Gasteiger partial charge in [-0.1, -0.05) is 29.0 Å². The number of anilines is 1. The number of rotatable bonds is 4. The van der Waals surface area contributed by atoms with Crippen LogP contribution in [-0.2, 0) is 4.79 Å². The fourth-order valence-electron chi connectivity index (χ4n) is 3.47. The lowest BCUT2D eigenvalue weighted by Gasteiger charge is -2.23. The van der Waals surface area contributed by atoms with Crippen molar-refractivity contribution >= 4 is 34.0 Å². The molecule has 5 nitrogen and oxygen atoms in total. The van der Waals surface area contributed by atoms with E-state index < -0.39 is 30.1 Å². The molecule has 0 bridgehead atoms. The third-order valence-electron chi connectivity index (χ3n) is 4.81. The Hall–Kier alpha value is -2.55. The molecule has 1 heterocycles. The second kappa shape index (κ2) is 7.83. The maximum Gasteiger partial charge on any atom is 0.248 e. The largest absolute Gasteiger partial charge is 0.301 e. The van der Waals surface area contributed by atoms with Gasteiger partial charge in [0, 0.05) is 12.8 Å². The van der Waals surface area contributed by atoms with E-state index in [1.807, 2.05) is 12.1 Å². The van der Waals surface area contributed by atoms with Crippen LogP contribution in [0.4, 0.5) is 13.9 Å². The SMILES string of the molecule is Cc1nc(NC(=O)[C@@H](c2ccc(C#N)c(C#N)c2)[C@H]2CCC(F)(F)C2)sc1Cl. The van der Waals surface area contributed by atoms with E-state index in [1.54, 1.807) is 13.0 Å². The molecular formula is C19H15ClF2N4OS. The average molecular weight is 421 g/mol. The van der Waals surface area contributed by atoms with E-state index in [0.717, 1.165) is 11.3 Å². The topological polar surface area (TPSA) is 89.6 Å². The molecular weight excluding hydrogens is 406 g/mol. The molecule has 144 valence electrons. The van der Waals surface area contributed by atoms with Crippen molar-refractivity contribution < 1.29 is 13.6 Å². The van der Waals surface area contributed by atoms with Gasteiger partial charge in [0.05, 0.1) is 22.7 Å². The summed E-state index contributed by atoms with van der Waals surface area (Å²) < 4.78 is 28.1. The molecule has 0 spiro atoms. The van der Waals surface area contributed by atoms with Gasteiger partial charge in [-0.15, -0.1) is 0 Å². The first-order valence-corrected chi connectivity index (χ1v) is 9.69. The predicted molar refractivity (Wildman–Crippen MR) is 101 cm³/mol. The smallest absolute Gasteiger partial charge is 0.248 e. The Bertz CT molecular complexity index is 989. The molecule has 2 aromatic rings. The van der Waals surface area contributed by atoms with Gasteiger partial charge < -0.3 is 5.32 Å². The fraction of sp³-hybridized carbons (Fsp3) is 0.368. The third-order valence-corrected chi connectivity index (χ3v) is 6.18. The van der Waals surface area contributed by atoms with Gasteiger partial charge in [-0.05, 0) is 37.0 Å². The predicted octanol–water partition coefficient (Wildman–Crippen LogP) is 5.01. The lowest BCUT2D eigenvalue weighted by Crippen LogP contribution is -2.27. The summed E-state index contributed by atoms with van der Waals surface area (Å²) in [6.07, 6.45) is -0.514. The third kappa shape index (κ3) is 4.14. The standard InChI is InChI=1S/C19H15ClF2N4OS/c1-10-16(20)28-18(25-10)26-17(27)15(12-4-5-19(21,22)7-12)11-2-3-13(8-23)14(6-11)9-24/h2-3,6,12,15H,4-5,7H2,1H3,(H,25,26,27)/t12-,15-/m0/s1. The van der Waals surface area contributed by atoms with Crippen molar-refractivity contribution in [2.45, 2.75) is 38.0 Å². The van der Waals surface area contributed by atoms with Crippen molar-refractivity contribution in [3.63, 3.8) is 0 Å². The van der Waals surface area contributed by atoms with Crippen molar-refractivity contribution in [3.05, 3.63) is 44.9 Å². The van der Waals surface area contributed by atoms with Crippen LogP contribution in [0, 0.1) is 35.5 Å². The van der Waals surface area contributed by atoms with Crippen LogP contribution in [0.2, 0.25) is 4.34 Å². The van der Waals surface area contributed by atoms with Gasteiger partial charge >= 0.3 is 0 Å². The first-order valence-electron chi connectivity index (χ1n) is 8.50. The first kappa shape index (κ1) is 20.2. The van der Waals surface area contributed by atoms with Crippen LogP contribution < -0.4 is 5.32 Å². The van der Waals surface area contributed by atoms with Crippen LogP contribution in [0.25, 0.3) is 0 Å². The molecule has 0 aliphatic heterocycles. The summed E-state index contributed by atoms with van der Waals surface area (Å²) in [7, 11) is 0. The fourth-order valence-corrected chi connectivity index (χ4v) is 4.42. The monoisotopic (exact) mass is 420 g/mol. The summed E-state index contributed by atoms with van der Waals surface area (Å²) in [5.74, 6) is -4.79. The van der Waals surface area contributed by atoms with E-state index in [-0.39, 0.29) is 29.1 Å². The van der Waals surface area contributed by atoms with Crippen LogP contribution in [0.1, 0.15) is 47.6 Å². The van der Waals surface area contributed by atoms with Crippen molar-refractivity contribution in [2.24, 2.45) is 5.92 Å². The maximum absolute atomic E-state index is 13.8. The van der Waals surface area contributed by atoms with Crippen LogP contribution >= 0.6 is 22.9 Å². The van der Waals surface area contributed by atoms with Gasteiger partial charge in [0.1, 0.15) is 16.5 Å². The minimum Gasteiger partial charge on any atom is -0.301 e. The normalized spacial score (nSPS) is 18.9. The second-order valence-electron chi connectivity index (χ2n) is 6.73. The number of carbonyl (C=O) groups is 1. The molecule has 3 rings (SSSR count). The highest BCUT2D eigenvalue weighted by atomic mass is 35.5. The number of aromatic nitrogens is 1. The number of benzene rings is 1. The average Bonchev–Trinajstić information content (AvgIpc) is 3.15. The summed E-state index contributed by atoms with van der Waals surface area (Å²) in [5.41, 5.74) is 1.27. The van der Waals surface area contributed by atoms with E-state index in [2.05, 4.69) is 10.3 Å². The molecule has 2 atom stereocenters. The Balaban J connectivity index is 1.97. The summed E-state index contributed by atoms with van der Waals surface area (Å²) in [4.78, 5) is 17.2. The summed E-state index contributed by atoms with van der Waals surface area (Å²) >= 11 is 7.08. The summed E-state index contributed by atoms with van der Waals surface area (Å²) in [6.45, 7) is 1.70. The number of hydrogen-bond donors (Lipinski definition) is 1. The van der Waals surface area contributed by atoms with Gasteiger partial charge in [-0.25, -0.2) is 13.8 Å². The zero-order valence-corrected chi connectivity index (χ0v) is 16.4. The Morgan fingerprint density at radius 3 is 2.64 bits per heavy atom. The molecule has 28 heavy (non-hydrogen) atoms. The number of carbonyl (C=O) groups excluding carboxylic acids is 1. The van der Waals surface area contributed by atoms with Crippen LogP contribution in [0.15, 0.2) is 18.2 Å². The highest BCUT2D eigenvalue weighted by molar-refractivity contribution is 7.19. The quantitative estimate of drug-likeness (QED) is 0.753. The molecule has 1 N–H and O–H groups in total. The van der Waals surface area contributed by atoms with Crippen LogP contribution in [0.5, 0.6) is 0 Å². The molecule has 0 radical (unpaired) electrons. The molecule has 1 fully saturated rings. The molecule has 1 aromatic carbocycles. The van der Waals surface area contributed by atoms with Crippen LogP contribution in [0.3, 0.4) is 0 Å². The summed E-state index contributed by atoms with van der Waals surface area (Å²) in [5, 5.41) is 21.3. The highest BCUT2D eigenvalue weighted by Gasteiger charge is 2.45. The minimum absolute atomic E-state index is 0.107. The van der Waals surface area contributed by atoms with E-state index in [0.29, 0.717) is 15.6 Å². The number of nitrogens with one attached hydrogen (secondary N) is 1. The molecule has 1 saturated carbocycles. The Morgan fingerprint density at radius 1 is 1.39 bits per heavy atom. The zero-order chi connectivity index (χ0) is 20.5. The highest BCUT2D eigenvalue weighted by Crippen LogP contribution is 2.46. The maximum atomic E-state index is 13.8. The lowest BCUT2D eigenvalue weighted by molar-refractivity contribution is -0.118. The van der Waals surface area contributed by atoms with Gasteiger partial charge in [0.2, 0.25) is 11.8 Å². The number of nitrogens with zero attached hydrogens (tertiary/aromatic N) is 3. The number of alkyl halides is 2. The number of halogens is 3. The van der Waals surface area contributed by atoms with Crippen molar-refractivity contribution in [3.8, 4) is 12.1 Å². The van der Waals surface area contributed by atoms with Gasteiger partial charge in [-0.3, -0.25) is 4.79 Å². The van der Waals surface area contributed by atoms with Crippen molar-refractivity contribution in [1.29, 1.82) is 10.5 Å². The zero-order valence-electron chi connectivity index (χ0n) is 14.8. The van der Waals surface area contributed by atoms with E-state index in [1.165, 1.54) is 12.1 Å². The Morgan fingerprint density at radius 2 is 2.11 bits per heavy atom. The van der Waals surface area contributed by atoms with E-state index in [9.17, 15) is 18.8 Å². The van der Waals surface area contributed by atoms with Crippen molar-refractivity contribution in [2.75, 3.05) is 5.32 Å². The lowest BCUT2D eigenvalue weighted by atomic mass is 9.83. The number of nitriles is 2. The first-order chi connectivity index (χ1) is 13.2. The molecule has 0 saturated heterocycles. The van der Waals surface area contributed by atoms with Crippen molar-refractivity contribution in [1.82, 2.24) is 4.98 Å². The second-order valence-corrected chi connectivity index (χ2v) is 8.33. The van der Waals surface area contributed by atoms with Gasteiger partial charge in [0.25, 0.3) is 0 Å². The number of thiazole rings is 1. The number of hydrogen-bond acceptors (Lipinski definition) is 5. The summed E-state index contributed by atoms with van der Waals surface area (Å²) in [6, 6.07) is 8.23. The van der Waals surface area contributed by atoms with E-state index >= 15 is 0 Å². The molecule has 1 amide bonds. The molecule has 0 unspecified atom stereocenters. The Kier molecular flexibility index (Phi) is 5.64. The molecule has 1 aliphatic carbocycles. The minimum atomic E-state index is -2.82. The number of amides is 1. The van der Waals surface area contributed by atoms with Crippen LogP contribution in [-0.4, -0.2) is 16.8 Å². The van der Waals surface area contributed by atoms with E-state index in [4.69, 9.17) is 16.9 Å². The van der Waals surface area contributed by atoms with Gasteiger partial charge in [0.15, 0.2) is 5.13 Å². The molecule has 1 aromatic heterocycles. The molecule has 1 aliphatic rings. The van der Waals surface area contributed by atoms with Gasteiger partial charge in [-0.2, -0.15) is 10.5 Å².